The third-order valence-electron chi connectivity index (χ3n) is 1.88. The van der Waals surface area contributed by atoms with Crippen LogP contribution in [0, 0.1) is 0 Å². The number of rotatable bonds is 2. The van der Waals surface area contributed by atoms with Gasteiger partial charge in [-0.25, -0.2) is 4.98 Å². The number of aryl methyl sites for hydroxylation is 1. The zero-order valence-electron chi connectivity index (χ0n) is 8.46. The van der Waals surface area contributed by atoms with Crippen LogP contribution in [-0.2, 0) is 12.0 Å². The van der Waals surface area contributed by atoms with Crippen molar-refractivity contribution >= 4 is 0 Å². The van der Waals surface area contributed by atoms with Crippen molar-refractivity contribution in [1.29, 1.82) is 0 Å². The van der Waals surface area contributed by atoms with Crippen LogP contribution >= 0.6 is 0 Å². The van der Waals surface area contributed by atoms with Gasteiger partial charge < -0.3 is 4.57 Å². The van der Waals surface area contributed by atoms with Crippen molar-refractivity contribution in [1.82, 2.24) is 9.55 Å². The highest BCUT2D eigenvalue weighted by molar-refractivity contribution is 5.08. The lowest BCUT2D eigenvalue weighted by Gasteiger charge is -2.14. The van der Waals surface area contributed by atoms with Crippen LogP contribution in [0.25, 0.3) is 0 Å². The van der Waals surface area contributed by atoms with E-state index in [4.69, 9.17) is 0 Å². The summed E-state index contributed by atoms with van der Waals surface area (Å²) in [6.45, 7) is 9.81. The van der Waals surface area contributed by atoms with E-state index in [2.05, 4.69) is 43.4 Å². The van der Waals surface area contributed by atoms with Crippen molar-refractivity contribution in [2.45, 2.75) is 46.1 Å². The molecule has 0 aliphatic rings. The SMILES string of the molecule is CCCn1cnc(C(C)(C)C)c1. The summed E-state index contributed by atoms with van der Waals surface area (Å²) in [5, 5.41) is 0. The molecule has 1 rings (SSSR count). The molecule has 0 amide bonds. The number of hydrogen-bond donors (Lipinski definition) is 0. The average Bonchev–Trinajstić information content (AvgIpc) is 2.35. The first-order chi connectivity index (χ1) is 5.54. The summed E-state index contributed by atoms with van der Waals surface area (Å²) >= 11 is 0. The Morgan fingerprint density at radius 3 is 2.50 bits per heavy atom. The van der Waals surface area contributed by atoms with E-state index >= 15 is 0 Å². The maximum atomic E-state index is 4.37. The molecule has 0 aliphatic carbocycles. The van der Waals surface area contributed by atoms with Gasteiger partial charge in [0.2, 0.25) is 0 Å². The van der Waals surface area contributed by atoms with Gasteiger partial charge in [0.15, 0.2) is 0 Å². The molecule has 2 nitrogen and oxygen atoms in total. The molecule has 2 heteroatoms. The van der Waals surface area contributed by atoms with Crippen molar-refractivity contribution < 1.29 is 0 Å². The smallest absolute Gasteiger partial charge is 0.0949 e. The maximum absolute atomic E-state index is 4.37. The Morgan fingerprint density at radius 2 is 2.08 bits per heavy atom. The minimum absolute atomic E-state index is 0.180. The second-order valence-electron chi connectivity index (χ2n) is 4.25. The fraction of sp³-hybridized carbons (Fsp3) is 0.700. The summed E-state index contributed by atoms with van der Waals surface area (Å²) in [5.74, 6) is 0. The van der Waals surface area contributed by atoms with Gasteiger partial charge in [-0.05, 0) is 6.42 Å². The second kappa shape index (κ2) is 3.30. The molecule has 0 atom stereocenters. The first-order valence-electron chi connectivity index (χ1n) is 4.56. The Labute approximate surface area is 74.6 Å². The van der Waals surface area contributed by atoms with Crippen LogP contribution in [0.3, 0.4) is 0 Å². The van der Waals surface area contributed by atoms with E-state index in [0.717, 1.165) is 6.54 Å². The molecule has 0 saturated heterocycles. The fourth-order valence-corrected chi connectivity index (χ4v) is 1.13. The van der Waals surface area contributed by atoms with Gasteiger partial charge in [-0.3, -0.25) is 0 Å². The quantitative estimate of drug-likeness (QED) is 0.660. The molecule has 0 aromatic carbocycles. The topological polar surface area (TPSA) is 17.8 Å². The lowest BCUT2D eigenvalue weighted by atomic mass is 9.93. The third kappa shape index (κ3) is 2.10. The van der Waals surface area contributed by atoms with E-state index in [1.54, 1.807) is 0 Å². The molecule has 12 heavy (non-hydrogen) atoms. The predicted molar refractivity (Wildman–Crippen MR) is 51.2 cm³/mol. The van der Waals surface area contributed by atoms with E-state index in [9.17, 15) is 0 Å². The van der Waals surface area contributed by atoms with Gasteiger partial charge in [0.05, 0.1) is 12.0 Å². The number of imidazole rings is 1. The minimum atomic E-state index is 0.180. The lowest BCUT2D eigenvalue weighted by molar-refractivity contribution is 0.570. The number of nitrogens with zero attached hydrogens (tertiary/aromatic N) is 2. The van der Waals surface area contributed by atoms with Crippen molar-refractivity contribution in [3.8, 4) is 0 Å². The standard InChI is InChI=1S/C10H18N2/c1-5-6-12-7-9(11-8-12)10(2,3)4/h7-8H,5-6H2,1-4H3. The molecule has 1 aromatic heterocycles. The molecule has 0 unspecified atom stereocenters. The van der Waals surface area contributed by atoms with Crippen LogP contribution in [0.5, 0.6) is 0 Å². The fourth-order valence-electron chi connectivity index (χ4n) is 1.13. The van der Waals surface area contributed by atoms with Crippen molar-refractivity contribution in [3.05, 3.63) is 18.2 Å². The predicted octanol–water partition coefficient (Wildman–Crippen LogP) is 2.59. The van der Waals surface area contributed by atoms with E-state index in [1.165, 1.54) is 12.1 Å². The summed E-state index contributed by atoms with van der Waals surface area (Å²) in [5.41, 5.74) is 1.36. The summed E-state index contributed by atoms with van der Waals surface area (Å²) in [4.78, 5) is 4.37. The van der Waals surface area contributed by atoms with Gasteiger partial charge >= 0.3 is 0 Å². The molecule has 0 saturated carbocycles. The van der Waals surface area contributed by atoms with Gasteiger partial charge in [-0.2, -0.15) is 0 Å². The molecule has 1 heterocycles. The average molecular weight is 166 g/mol. The van der Waals surface area contributed by atoms with Crippen LogP contribution in [0.15, 0.2) is 12.5 Å². The van der Waals surface area contributed by atoms with E-state index in [-0.39, 0.29) is 5.41 Å². The lowest BCUT2D eigenvalue weighted by Crippen LogP contribution is -2.11. The first-order valence-corrected chi connectivity index (χ1v) is 4.56. The second-order valence-corrected chi connectivity index (χ2v) is 4.25. The molecule has 0 spiro atoms. The monoisotopic (exact) mass is 166 g/mol. The highest BCUT2D eigenvalue weighted by Crippen LogP contribution is 2.19. The van der Waals surface area contributed by atoms with Crippen LogP contribution in [-0.4, -0.2) is 9.55 Å². The molecule has 0 aliphatic heterocycles. The molecular formula is C10H18N2. The van der Waals surface area contributed by atoms with Crippen LogP contribution in [0.4, 0.5) is 0 Å². The summed E-state index contributed by atoms with van der Waals surface area (Å²) < 4.78 is 2.15. The minimum Gasteiger partial charge on any atom is -0.337 e. The zero-order chi connectivity index (χ0) is 9.19. The van der Waals surface area contributed by atoms with Gasteiger partial charge in [-0.1, -0.05) is 27.7 Å². The summed E-state index contributed by atoms with van der Waals surface area (Å²) in [6.07, 6.45) is 5.23. The van der Waals surface area contributed by atoms with E-state index in [1.807, 2.05) is 6.33 Å². The van der Waals surface area contributed by atoms with E-state index < -0.39 is 0 Å². The molecule has 0 bridgehead atoms. The third-order valence-corrected chi connectivity index (χ3v) is 1.88. The van der Waals surface area contributed by atoms with Crippen molar-refractivity contribution in [2.24, 2.45) is 0 Å². The Kier molecular flexibility index (Phi) is 2.55. The van der Waals surface area contributed by atoms with Crippen molar-refractivity contribution in [2.75, 3.05) is 0 Å². The van der Waals surface area contributed by atoms with Gasteiger partial charge in [0, 0.05) is 18.2 Å². The normalized spacial score (nSPS) is 12.0. The highest BCUT2D eigenvalue weighted by atomic mass is 15.0. The van der Waals surface area contributed by atoms with Gasteiger partial charge in [-0.15, -0.1) is 0 Å². The summed E-state index contributed by atoms with van der Waals surface area (Å²) in [6, 6.07) is 0. The Bertz CT molecular complexity index is 243. The Hall–Kier alpha value is -0.790. The zero-order valence-corrected chi connectivity index (χ0v) is 8.46. The molecule has 0 fully saturated rings. The molecule has 0 radical (unpaired) electrons. The van der Waals surface area contributed by atoms with Gasteiger partial charge in [0.25, 0.3) is 0 Å². The largest absolute Gasteiger partial charge is 0.337 e. The Morgan fingerprint density at radius 1 is 1.42 bits per heavy atom. The molecule has 0 N–H and O–H groups in total. The Balaban J connectivity index is 2.77. The van der Waals surface area contributed by atoms with Crippen LogP contribution in [0.1, 0.15) is 39.8 Å². The van der Waals surface area contributed by atoms with Crippen LogP contribution < -0.4 is 0 Å². The van der Waals surface area contributed by atoms with Gasteiger partial charge in [0.1, 0.15) is 0 Å². The maximum Gasteiger partial charge on any atom is 0.0949 e. The molecule has 1 aromatic rings. The highest BCUT2D eigenvalue weighted by Gasteiger charge is 2.15. The first kappa shape index (κ1) is 9.30. The number of hydrogen-bond acceptors (Lipinski definition) is 1. The van der Waals surface area contributed by atoms with Crippen molar-refractivity contribution in [3.63, 3.8) is 0 Å². The van der Waals surface area contributed by atoms with Crippen LogP contribution in [0.2, 0.25) is 0 Å². The molecular weight excluding hydrogens is 148 g/mol. The number of aromatic nitrogens is 2. The van der Waals surface area contributed by atoms with E-state index in [0.29, 0.717) is 0 Å². The molecule has 68 valence electrons. The summed E-state index contributed by atoms with van der Waals surface area (Å²) in [7, 11) is 0.